The summed E-state index contributed by atoms with van der Waals surface area (Å²) in [6.45, 7) is 4.27. The Hall–Kier alpha value is -1.53. The molecular weight excluding hydrogens is 319 g/mol. The lowest BCUT2D eigenvalue weighted by atomic mass is 10.2. The van der Waals surface area contributed by atoms with Crippen LogP contribution in [0.2, 0.25) is 10.0 Å². The zero-order chi connectivity index (χ0) is 16.2. The van der Waals surface area contributed by atoms with Gasteiger partial charge in [-0.3, -0.25) is 14.9 Å². The quantitative estimate of drug-likeness (QED) is 0.602. The van der Waals surface area contributed by atoms with Gasteiger partial charge in [-0.25, -0.2) is 0 Å². The van der Waals surface area contributed by atoms with Gasteiger partial charge in [0, 0.05) is 31.1 Å². The van der Waals surface area contributed by atoms with E-state index in [9.17, 15) is 14.9 Å². The molecule has 0 atom stereocenters. The Morgan fingerprint density at radius 2 is 1.90 bits per heavy atom. The van der Waals surface area contributed by atoms with Gasteiger partial charge in [-0.05, 0) is 20.3 Å². The zero-order valence-electron chi connectivity index (χ0n) is 11.7. The Morgan fingerprint density at radius 1 is 1.38 bits per heavy atom. The van der Waals surface area contributed by atoms with E-state index in [0.29, 0.717) is 18.7 Å². The highest BCUT2D eigenvalue weighted by Gasteiger charge is 2.21. The van der Waals surface area contributed by atoms with Gasteiger partial charge < -0.3 is 10.0 Å². The second kappa shape index (κ2) is 7.47. The summed E-state index contributed by atoms with van der Waals surface area (Å²) in [6, 6.07) is 2.51. The molecule has 8 heteroatoms. The van der Waals surface area contributed by atoms with Crippen molar-refractivity contribution in [3.63, 3.8) is 0 Å². The first-order chi connectivity index (χ1) is 9.73. The molecule has 0 aliphatic carbocycles. The van der Waals surface area contributed by atoms with Crippen LogP contribution in [0.1, 0.15) is 26.7 Å². The second-order valence-electron chi connectivity index (χ2n) is 4.80. The minimum atomic E-state index is -0.875. The number of hydrogen-bond acceptors (Lipinski definition) is 4. The number of aliphatic carboxylic acids is 1. The van der Waals surface area contributed by atoms with Gasteiger partial charge >= 0.3 is 5.97 Å². The van der Waals surface area contributed by atoms with Gasteiger partial charge in [0.2, 0.25) is 0 Å². The average molecular weight is 335 g/mol. The third-order valence-electron chi connectivity index (χ3n) is 2.91. The predicted octanol–water partition coefficient (Wildman–Crippen LogP) is 3.98. The molecule has 0 heterocycles. The number of nitro benzene ring substituents is 1. The summed E-state index contributed by atoms with van der Waals surface area (Å²) in [7, 11) is 0. The van der Waals surface area contributed by atoms with Crippen molar-refractivity contribution in [2.24, 2.45) is 0 Å². The third kappa shape index (κ3) is 4.75. The van der Waals surface area contributed by atoms with Gasteiger partial charge in [0.1, 0.15) is 0 Å². The van der Waals surface area contributed by atoms with Crippen LogP contribution < -0.4 is 4.90 Å². The summed E-state index contributed by atoms with van der Waals surface area (Å²) in [5.41, 5.74) is 0.312. The van der Waals surface area contributed by atoms with Crippen LogP contribution in [0, 0.1) is 10.1 Å². The number of carboxylic acids is 1. The minimum absolute atomic E-state index is 0.0234. The number of carboxylic acid groups (broad SMARTS) is 1. The van der Waals surface area contributed by atoms with Crippen molar-refractivity contribution >= 4 is 40.5 Å². The normalized spacial score (nSPS) is 10.7. The standard InChI is InChI=1S/C13H16Cl2N2O4/c1-8(2)16(5-3-4-12(18)19)13-10(14)6-9(17(20)21)7-11(13)15/h6-8H,3-5H2,1-2H3,(H,18,19). The highest BCUT2D eigenvalue weighted by Crippen LogP contribution is 2.38. The molecule has 0 amide bonds. The number of nitrogens with zero attached hydrogens (tertiary/aromatic N) is 2. The van der Waals surface area contributed by atoms with E-state index in [-0.39, 0.29) is 28.2 Å². The van der Waals surface area contributed by atoms with E-state index in [2.05, 4.69) is 0 Å². The van der Waals surface area contributed by atoms with Crippen LogP contribution in [0.3, 0.4) is 0 Å². The molecule has 0 spiro atoms. The fraction of sp³-hybridized carbons (Fsp3) is 0.462. The van der Waals surface area contributed by atoms with Crippen LogP contribution in [0.25, 0.3) is 0 Å². The van der Waals surface area contributed by atoms with Gasteiger partial charge in [-0.1, -0.05) is 23.2 Å². The molecule has 21 heavy (non-hydrogen) atoms. The summed E-state index contributed by atoms with van der Waals surface area (Å²) >= 11 is 12.2. The molecule has 6 nitrogen and oxygen atoms in total. The molecule has 1 rings (SSSR count). The zero-order valence-corrected chi connectivity index (χ0v) is 13.2. The van der Waals surface area contributed by atoms with Crippen molar-refractivity contribution in [3.8, 4) is 0 Å². The van der Waals surface area contributed by atoms with Crippen LogP contribution in [0.4, 0.5) is 11.4 Å². The van der Waals surface area contributed by atoms with E-state index in [1.165, 1.54) is 12.1 Å². The SMILES string of the molecule is CC(C)N(CCCC(=O)O)c1c(Cl)cc([N+](=O)[O-])cc1Cl. The molecule has 0 bridgehead atoms. The molecule has 116 valence electrons. The Kier molecular flexibility index (Phi) is 6.23. The molecule has 1 aromatic rings. The number of benzene rings is 1. The Balaban J connectivity index is 3.08. The Labute approximate surface area is 132 Å². The maximum atomic E-state index is 10.8. The predicted molar refractivity (Wildman–Crippen MR) is 82.5 cm³/mol. The first kappa shape index (κ1) is 17.5. The third-order valence-corrected chi connectivity index (χ3v) is 3.49. The number of rotatable bonds is 7. The van der Waals surface area contributed by atoms with E-state index in [0.717, 1.165) is 0 Å². The van der Waals surface area contributed by atoms with Gasteiger partial charge in [0.25, 0.3) is 5.69 Å². The molecule has 0 unspecified atom stereocenters. The Morgan fingerprint density at radius 3 is 2.29 bits per heavy atom. The molecular formula is C13H16Cl2N2O4. The molecule has 0 saturated heterocycles. The van der Waals surface area contributed by atoms with Crippen molar-refractivity contribution in [2.75, 3.05) is 11.4 Å². The van der Waals surface area contributed by atoms with E-state index >= 15 is 0 Å². The lowest BCUT2D eigenvalue weighted by molar-refractivity contribution is -0.384. The monoisotopic (exact) mass is 334 g/mol. The fourth-order valence-corrected chi connectivity index (χ4v) is 2.65. The molecule has 0 fully saturated rings. The van der Waals surface area contributed by atoms with Gasteiger partial charge in [-0.2, -0.15) is 0 Å². The van der Waals surface area contributed by atoms with E-state index < -0.39 is 10.9 Å². The summed E-state index contributed by atoms with van der Waals surface area (Å²) in [5.74, 6) is -0.875. The maximum absolute atomic E-state index is 10.8. The van der Waals surface area contributed by atoms with Gasteiger partial charge in [0.15, 0.2) is 0 Å². The molecule has 0 aromatic heterocycles. The summed E-state index contributed by atoms with van der Waals surface area (Å²) in [5, 5.41) is 19.8. The van der Waals surface area contributed by atoms with Crippen LogP contribution >= 0.6 is 23.2 Å². The lowest BCUT2D eigenvalue weighted by Crippen LogP contribution is -2.32. The van der Waals surface area contributed by atoms with E-state index in [4.69, 9.17) is 28.3 Å². The topological polar surface area (TPSA) is 83.7 Å². The summed E-state index contributed by atoms with van der Waals surface area (Å²) in [4.78, 5) is 22.7. The molecule has 0 aliphatic heterocycles. The first-order valence-corrected chi connectivity index (χ1v) is 7.11. The first-order valence-electron chi connectivity index (χ1n) is 6.36. The summed E-state index contributed by atoms with van der Waals surface area (Å²) in [6.07, 6.45) is 0.461. The van der Waals surface area contributed by atoms with Crippen molar-refractivity contribution in [1.29, 1.82) is 0 Å². The maximum Gasteiger partial charge on any atom is 0.303 e. The molecule has 0 radical (unpaired) electrons. The summed E-state index contributed by atoms with van der Waals surface area (Å²) < 4.78 is 0. The average Bonchev–Trinajstić information content (AvgIpc) is 2.35. The fourth-order valence-electron chi connectivity index (χ4n) is 1.96. The molecule has 1 aromatic carbocycles. The van der Waals surface area contributed by atoms with Crippen LogP contribution in [-0.2, 0) is 4.79 Å². The minimum Gasteiger partial charge on any atom is -0.481 e. The molecule has 0 saturated carbocycles. The van der Waals surface area contributed by atoms with E-state index in [1.807, 2.05) is 18.7 Å². The van der Waals surface area contributed by atoms with Crippen LogP contribution in [0.5, 0.6) is 0 Å². The van der Waals surface area contributed by atoms with Crippen molar-refractivity contribution in [2.45, 2.75) is 32.7 Å². The Bertz CT molecular complexity index is 526. The number of halogens is 2. The largest absolute Gasteiger partial charge is 0.481 e. The number of nitro groups is 1. The van der Waals surface area contributed by atoms with Crippen LogP contribution in [-0.4, -0.2) is 28.6 Å². The van der Waals surface area contributed by atoms with Crippen molar-refractivity contribution in [1.82, 2.24) is 0 Å². The van der Waals surface area contributed by atoms with Gasteiger partial charge in [-0.15, -0.1) is 0 Å². The van der Waals surface area contributed by atoms with Crippen molar-refractivity contribution in [3.05, 3.63) is 32.3 Å². The number of hydrogen-bond donors (Lipinski definition) is 1. The smallest absolute Gasteiger partial charge is 0.303 e. The molecule has 1 N–H and O–H groups in total. The second-order valence-corrected chi connectivity index (χ2v) is 5.61. The number of anilines is 1. The number of carbonyl (C=O) groups is 1. The highest BCUT2D eigenvalue weighted by molar-refractivity contribution is 6.39. The highest BCUT2D eigenvalue weighted by atomic mass is 35.5. The van der Waals surface area contributed by atoms with Gasteiger partial charge in [0.05, 0.1) is 20.7 Å². The van der Waals surface area contributed by atoms with Crippen molar-refractivity contribution < 1.29 is 14.8 Å². The molecule has 0 aliphatic rings. The van der Waals surface area contributed by atoms with Crippen LogP contribution in [0.15, 0.2) is 12.1 Å². The van der Waals surface area contributed by atoms with E-state index in [1.54, 1.807) is 0 Å². The number of non-ortho nitro benzene ring substituents is 1. The lowest BCUT2D eigenvalue weighted by Gasteiger charge is -2.30.